The lowest BCUT2D eigenvalue weighted by atomic mass is 9.87. The summed E-state index contributed by atoms with van der Waals surface area (Å²) in [5.74, 6) is -2.48. The summed E-state index contributed by atoms with van der Waals surface area (Å²) in [5, 5.41) is 4.50. The van der Waals surface area contributed by atoms with Crippen molar-refractivity contribution in [3.05, 3.63) is 35.0 Å². The Kier molecular flexibility index (Phi) is 5.43. The number of sulfonamides is 1. The highest BCUT2D eigenvalue weighted by Crippen LogP contribution is 2.60. The monoisotopic (exact) mass is 552 g/mol. The quantitative estimate of drug-likeness (QED) is 0.449. The number of anilines is 3. The van der Waals surface area contributed by atoms with Gasteiger partial charge in [-0.05, 0) is 49.3 Å². The van der Waals surface area contributed by atoms with Crippen molar-refractivity contribution in [1.82, 2.24) is 10.1 Å². The van der Waals surface area contributed by atoms with E-state index in [1.165, 1.54) is 11.1 Å². The number of rotatable bonds is 6. The van der Waals surface area contributed by atoms with Crippen molar-refractivity contribution in [3.63, 3.8) is 0 Å². The predicted octanol–water partition coefficient (Wildman–Crippen LogP) is 5.16. The van der Waals surface area contributed by atoms with Gasteiger partial charge in [0.25, 0.3) is 0 Å². The summed E-state index contributed by atoms with van der Waals surface area (Å²) in [6.07, 6.45) is 4.27. The summed E-state index contributed by atoms with van der Waals surface area (Å²) in [6.45, 7) is 0.240. The van der Waals surface area contributed by atoms with Crippen molar-refractivity contribution < 1.29 is 31.3 Å². The third-order valence-corrected chi connectivity index (χ3v) is 8.17. The van der Waals surface area contributed by atoms with Crippen LogP contribution in [0.2, 0.25) is 5.02 Å². The van der Waals surface area contributed by atoms with Gasteiger partial charge in [0, 0.05) is 18.9 Å². The van der Waals surface area contributed by atoms with Gasteiger partial charge >= 0.3 is 0 Å². The van der Waals surface area contributed by atoms with Crippen LogP contribution in [0.15, 0.2) is 28.9 Å². The molecule has 2 aromatic heterocycles. The molecule has 1 aliphatic heterocycles. The molecule has 2 saturated carbocycles. The second-order valence-corrected chi connectivity index (χ2v) is 12.2. The topological polar surface area (TPSA) is 115 Å². The fraction of sp³-hybridized carbons (Fsp3) is 0.458. The van der Waals surface area contributed by atoms with Gasteiger partial charge < -0.3 is 9.26 Å². The van der Waals surface area contributed by atoms with E-state index in [0.717, 1.165) is 11.8 Å². The fourth-order valence-electron chi connectivity index (χ4n) is 5.20. The maximum atomic E-state index is 13.5. The van der Waals surface area contributed by atoms with E-state index in [-0.39, 0.29) is 48.0 Å². The van der Waals surface area contributed by atoms with Gasteiger partial charge in [0.05, 0.1) is 41.2 Å². The first kappa shape index (κ1) is 24.4. The molecule has 3 aliphatic rings. The number of benzene rings is 1. The van der Waals surface area contributed by atoms with Gasteiger partial charge in [-0.25, -0.2) is 22.2 Å². The fourth-order valence-corrected chi connectivity index (χ4v) is 5.92. The van der Waals surface area contributed by atoms with E-state index in [4.69, 9.17) is 20.9 Å². The highest BCUT2D eigenvalue weighted by molar-refractivity contribution is 7.92. The molecule has 1 spiro atoms. The Morgan fingerprint density at radius 1 is 1.22 bits per heavy atom. The SMILES string of the molecule is CS(=O)(=O)Nc1noc2cc3c(cc12)C1(CC1)C(=O)N3c1cnc(OCC2CCC(F)(F)CC2)c(Cl)c1. The average molecular weight is 553 g/mol. The molecule has 9 nitrogen and oxygen atoms in total. The largest absolute Gasteiger partial charge is 0.476 e. The third kappa shape index (κ3) is 4.29. The Labute approximate surface area is 216 Å². The molecule has 1 aromatic carbocycles. The van der Waals surface area contributed by atoms with Gasteiger partial charge in [-0.15, -0.1) is 0 Å². The van der Waals surface area contributed by atoms with Crippen LogP contribution in [0.25, 0.3) is 11.0 Å². The summed E-state index contributed by atoms with van der Waals surface area (Å²) >= 11 is 6.45. The van der Waals surface area contributed by atoms with Crippen LogP contribution in [0, 0.1) is 5.92 Å². The van der Waals surface area contributed by atoms with E-state index in [9.17, 15) is 22.0 Å². The number of fused-ring (bicyclic) bond motifs is 3. The van der Waals surface area contributed by atoms with E-state index in [1.54, 1.807) is 18.2 Å². The maximum Gasteiger partial charge on any atom is 0.248 e. The minimum Gasteiger partial charge on any atom is -0.476 e. The Hall–Kier alpha value is -2.99. The molecular weight excluding hydrogens is 530 g/mol. The van der Waals surface area contributed by atoms with Crippen LogP contribution in [-0.4, -0.2) is 43.3 Å². The highest BCUT2D eigenvalue weighted by Gasteiger charge is 2.60. The number of hydrogen-bond acceptors (Lipinski definition) is 7. The molecule has 196 valence electrons. The first-order valence-corrected chi connectivity index (χ1v) is 14.2. The molecule has 3 aromatic rings. The number of hydrogen-bond donors (Lipinski definition) is 1. The number of carbonyl (C=O) groups is 1. The molecule has 0 saturated heterocycles. The van der Waals surface area contributed by atoms with Gasteiger partial charge in [-0.1, -0.05) is 16.8 Å². The second kappa shape index (κ2) is 8.26. The van der Waals surface area contributed by atoms with Crippen molar-refractivity contribution in [2.75, 3.05) is 22.5 Å². The number of amides is 1. The number of carbonyl (C=O) groups excluding carboxylic acids is 1. The van der Waals surface area contributed by atoms with Crippen molar-refractivity contribution >= 4 is 55.7 Å². The molecular formula is C24H23ClF2N4O5S. The van der Waals surface area contributed by atoms with Crippen LogP contribution in [0.4, 0.5) is 26.0 Å². The first-order chi connectivity index (χ1) is 17.5. The third-order valence-electron chi connectivity index (χ3n) is 7.33. The lowest BCUT2D eigenvalue weighted by Crippen LogP contribution is -2.28. The van der Waals surface area contributed by atoms with Gasteiger partial charge in [0.2, 0.25) is 27.7 Å². The van der Waals surface area contributed by atoms with Gasteiger partial charge in [-0.3, -0.25) is 14.4 Å². The summed E-state index contributed by atoms with van der Waals surface area (Å²) < 4.78 is 63.7. The van der Waals surface area contributed by atoms with E-state index >= 15 is 0 Å². The summed E-state index contributed by atoms with van der Waals surface area (Å²) in [6, 6.07) is 5.00. The lowest BCUT2D eigenvalue weighted by Gasteiger charge is -2.28. The Bertz CT molecular complexity index is 1530. The number of nitrogens with zero attached hydrogens (tertiary/aromatic N) is 3. The second-order valence-electron chi connectivity index (χ2n) is 10.1. The van der Waals surface area contributed by atoms with Crippen molar-refractivity contribution in [3.8, 4) is 5.88 Å². The summed E-state index contributed by atoms with van der Waals surface area (Å²) in [7, 11) is -3.57. The average Bonchev–Trinajstić information content (AvgIpc) is 3.49. The van der Waals surface area contributed by atoms with E-state index < -0.39 is 21.4 Å². The Morgan fingerprint density at radius 3 is 2.59 bits per heavy atom. The molecule has 0 atom stereocenters. The minimum absolute atomic E-state index is 0.00493. The molecule has 6 rings (SSSR count). The molecule has 0 unspecified atom stereocenters. The van der Waals surface area contributed by atoms with Gasteiger partial charge in [-0.2, -0.15) is 0 Å². The molecule has 2 fully saturated rings. The van der Waals surface area contributed by atoms with Gasteiger partial charge in [0.1, 0.15) is 5.02 Å². The van der Waals surface area contributed by atoms with E-state index in [0.29, 0.717) is 48.0 Å². The number of pyridine rings is 1. The number of alkyl halides is 2. The van der Waals surface area contributed by atoms with Crippen LogP contribution < -0.4 is 14.4 Å². The molecule has 13 heteroatoms. The smallest absolute Gasteiger partial charge is 0.248 e. The highest BCUT2D eigenvalue weighted by atomic mass is 35.5. The number of ether oxygens (including phenoxy) is 1. The van der Waals surface area contributed by atoms with Crippen LogP contribution in [0.1, 0.15) is 44.1 Å². The number of aromatic nitrogens is 2. The maximum absolute atomic E-state index is 13.5. The normalized spacial score (nSPS) is 20.4. The van der Waals surface area contributed by atoms with Crippen molar-refractivity contribution in [2.45, 2.75) is 49.9 Å². The summed E-state index contributed by atoms with van der Waals surface area (Å²) in [5.41, 5.74) is 1.41. The van der Waals surface area contributed by atoms with Gasteiger partial charge in [0.15, 0.2) is 11.4 Å². The van der Waals surface area contributed by atoms with Crippen LogP contribution in [0.5, 0.6) is 5.88 Å². The summed E-state index contributed by atoms with van der Waals surface area (Å²) in [4.78, 5) is 19.4. The zero-order valence-electron chi connectivity index (χ0n) is 19.8. The molecule has 37 heavy (non-hydrogen) atoms. The predicted molar refractivity (Wildman–Crippen MR) is 132 cm³/mol. The molecule has 0 radical (unpaired) electrons. The number of nitrogens with one attached hydrogen (secondary N) is 1. The zero-order valence-corrected chi connectivity index (χ0v) is 21.3. The van der Waals surface area contributed by atoms with E-state index in [1.807, 2.05) is 0 Å². The number of halogens is 3. The first-order valence-electron chi connectivity index (χ1n) is 11.9. The Morgan fingerprint density at radius 2 is 1.95 bits per heavy atom. The molecule has 1 N–H and O–H groups in total. The minimum atomic E-state index is -3.57. The molecule has 2 aliphatic carbocycles. The molecule has 3 heterocycles. The van der Waals surface area contributed by atoms with E-state index in [2.05, 4.69) is 14.9 Å². The lowest BCUT2D eigenvalue weighted by molar-refractivity contribution is -0.119. The van der Waals surface area contributed by atoms with Crippen LogP contribution >= 0.6 is 11.6 Å². The Balaban J connectivity index is 1.28. The van der Waals surface area contributed by atoms with Crippen LogP contribution in [-0.2, 0) is 20.2 Å². The van der Waals surface area contributed by atoms with Crippen molar-refractivity contribution in [2.24, 2.45) is 5.92 Å². The van der Waals surface area contributed by atoms with Crippen LogP contribution in [0.3, 0.4) is 0 Å². The zero-order chi connectivity index (χ0) is 26.2. The van der Waals surface area contributed by atoms with Crippen molar-refractivity contribution in [1.29, 1.82) is 0 Å². The standard InChI is InChI=1S/C24H23ClF2N4O5S/c1-37(33,34)30-20-15-9-16-18(10-19(15)36-29-20)31(22(32)23(16)6-7-23)14-8-17(25)21(28-11-14)35-12-13-2-4-24(26,27)5-3-13/h8-11,13H,2-7,12H2,1H3,(H,29,30). The molecule has 0 bridgehead atoms. The molecule has 1 amide bonds.